The number of carbonyl (C=O) groups excluding carboxylic acids is 1. The van der Waals surface area contributed by atoms with Crippen LogP contribution in [0.5, 0.6) is 0 Å². The lowest BCUT2D eigenvalue weighted by molar-refractivity contribution is -0.130. The van der Waals surface area contributed by atoms with Crippen LogP contribution in [0.25, 0.3) is 0 Å². The van der Waals surface area contributed by atoms with E-state index in [1.165, 1.54) is 38.8 Å². The van der Waals surface area contributed by atoms with Gasteiger partial charge in [0.05, 0.1) is 0 Å². The molecule has 15 heavy (non-hydrogen) atoms. The first-order valence-corrected chi connectivity index (χ1v) is 6.33. The normalized spacial score (nSPS) is 28.3. The van der Waals surface area contributed by atoms with Gasteiger partial charge in [0, 0.05) is 25.6 Å². The van der Waals surface area contributed by atoms with Gasteiger partial charge in [-0.05, 0) is 32.4 Å². The second-order valence-corrected chi connectivity index (χ2v) is 4.73. The average molecular weight is 210 g/mol. The Bertz CT molecular complexity index is 224. The zero-order valence-electron chi connectivity index (χ0n) is 9.74. The van der Waals surface area contributed by atoms with Gasteiger partial charge in [-0.2, -0.15) is 0 Å². The molecule has 0 bridgehead atoms. The Labute approximate surface area is 92.4 Å². The van der Waals surface area contributed by atoms with Crippen molar-refractivity contribution >= 4 is 5.91 Å². The SMILES string of the molecule is CCC(=O)N1CCC(N2CCCCC2)C1. The minimum atomic E-state index is 0.328. The molecule has 0 aromatic rings. The summed E-state index contributed by atoms with van der Waals surface area (Å²) >= 11 is 0. The molecule has 1 amide bonds. The highest BCUT2D eigenvalue weighted by Crippen LogP contribution is 2.20. The Balaban J connectivity index is 1.83. The van der Waals surface area contributed by atoms with Crippen LogP contribution < -0.4 is 0 Å². The van der Waals surface area contributed by atoms with E-state index in [4.69, 9.17) is 0 Å². The molecule has 3 nitrogen and oxygen atoms in total. The maximum absolute atomic E-state index is 11.5. The van der Waals surface area contributed by atoms with Crippen LogP contribution in [-0.2, 0) is 4.79 Å². The molecule has 3 heteroatoms. The van der Waals surface area contributed by atoms with E-state index in [1.54, 1.807) is 0 Å². The van der Waals surface area contributed by atoms with E-state index in [2.05, 4.69) is 4.90 Å². The molecule has 1 atom stereocenters. The van der Waals surface area contributed by atoms with Crippen molar-refractivity contribution in [2.75, 3.05) is 26.2 Å². The number of piperidine rings is 1. The van der Waals surface area contributed by atoms with Crippen molar-refractivity contribution in [2.24, 2.45) is 0 Å². The number of rotatable bonds is 2. The Morgan fingerprint density at radius 3 is 2.60 bits per heavy atom. The third kappa shape index (κ3) is 2.51. The highest BCUT2D eigenvalue weighted by atomic mass is 16.2. The monoisotopic (exact) mass is 210 g/mol. The topological polar surface area (TPSA) is 23.6 Å². The van der Waals surface area contributed by atoms with Gasteiger partial charge in [-0.25, -0.2) is 0 Å². The molecule has 0 radical (unpaired) electrons. The Morgan fingerprint density at radius 2 is 1.93 bits per heavy atom. The molecule has 0 saturated carbocycles. The molecular weight excluding hydrogens is 188 g/mol. The van der Waals surface area contributed by atoms with Crippen molar-refractivity contribution in [1.82, 2.24) is 9.80 Å². The first kappa shape index (κ1) is 10.9. The zero-order chi connectivity index (χ0) is 10.7. The summed E-state index contributed by atoms with van der Waals surface area (Å²) in [6, 6.07) is 0.654. The van der Waals surface area contributed by atoms with E-state index in [-0.39, 0.29) is 0 Å². The van der Waals surface area contributed by atoms with Crippen LogP contribution in [0.3, 0.4) is 0 Å². The van der Waals surface area contributed by atoms with Crippen molar-refractivity contribution in [1.29, 1.82) is 0 Å². The molecule has 0 aliphatic carbocycles. The quantitative estimate of drug-likeness (QED) is 0.689. The van der Waals surface area contributed by atoms with E-state index in [1.807, 2.05) is 11.8 Å². The van der Waals surface area contributed by atoms with E-state index in [0.29, 0.717) is 18.4 Å². The van der Waals surface area contributed by atoms with E-state index in [9.17, 15) is 4.79 Å². The van der Waals surface area contributed by atoms with Crippen LogP contribution in [0.2, 0.25) is 0 Å². The molecule has 0 spiro atoms. The van der Waals surface area contributed by atoms with Gasteiger partial charge in [0.2, 0.25) is 5.91 Å². The molecule has 2 aliphatic heterocycles. The van der Waals surface area contributed by atoms with Crippen LogP contribution in [0, 0.1) is 0 Å². The third-order valence-corrected chi connectivity index (χ3v) is 3.73. The fourth-order valence-corrected chi connectivity index (χ4v) is 2.77. The van der Waals surface area contributed by atoms with Crippen LogP contribution in [-0.4, -0.2) is 47.9 Å². The smallest absolute Gasteiger partial charge is 0.222 e. The van der Waals surface area contributed by atoms with Gasteiger partial charge >= 0.3 is 0 Å². The summed E-state index contributed by atoms with van der Waals surface area (Å²) in [4.78, 5) is 16.2. The van der Waals surface area contributed by atoms with Crippen LogP contribution in [0.15, 0.2) is 0 Å². The number of hydrogen-bond acceptors (Lipinski definition) is 2. The Morgan fingerprint density at radius 1 is 1.20 bits per heavy atom. The summed E-state index contributed by atoms with van der Waals surface area (Å²) in [6.07, 6.45) is 5.93. The molecular formula is C12H22N2O. The first-order valence-electron chi connectivity index (χ1n) is 6.33. The highest BCUT2D eigenvalue weighted by Gasteiger charge is 2.29. The van der Waals surface area contributed by atoms with Crippen molar-refractivity contribution in [3.63, 3.8) is 0 Å². The summed E-state index contributed by atoms with van der Waals surface area (Å²) in [7, 11) is 0. The first-order chi connectivity index (χ1) is 7.31. The van der Waals surface area contributed by atoms with Crippen molar-refractivity contribution < 1.29 is 4.79 Å². The molecule has 2 saturated heterocycles. The van der Waals surface area contributed by atoms with E-state index in [0.717, 1.165) is 13.1 Å². The van der Waals surface area contributed by atoms with Gasteiger partial charge in [0.1, 0.15) is 0 Å². The van der Waals surface area contributed by atoms with E-state index < -0.39 is 0 Å². The number of amides is 1. The molecule has 0 N–H and O–H groups in total. The second-order valence-electron chi connectivity index (χ2n) is 4.73. The molecule has 2 aliphatic rings. The minimum absolute atomic E-state index is 0.328. The molecule has 86 valence electrons. The second kappa shape index (κ2) is 4.97. The lowest BCUT2D eigenvalue weighted by Gasteiger charge is -2.32. The minimum Gasteiger partial charge on any atom is -0.341 e. The number of likely N-dealkylation sites (tertiary alicyclic amines) is 2. The molecule has 2 fully saturated rings. The molecule has 1 unspecified atom stereocenters. The van der Waals surface area contributed by atoms with Crippen LogP contribution in [0.4, 0.5) is 0 Å². The van der Waals surface area contributed by atoms with Gasteiger partial charge in [-0.15, -0.1) is 0 Å². The van der Waals surface area contributed by atoms with Gasteiger partial charge in [0.25, 0.3) is 0 Å². The maximum Gasteiger partial charge on any atom is 0.222 e. The van der Waals surface area contributed by atoms with Gasteiger partial charge in [-0.3, -0.25) is 9.69 Å². The number of hydrogen-bond donors (Lipinski definition) is 0. The molecule has 0 aromatic heterocycles. The standard InChI is InChI=1S/C12H22N2O/c1-2-12(15)14-9-6-11(10-14)13-7-4-3-5-8-13/h11H,2-10H2,1H3. The van der Waals surface area contributed by atoms with Gasteiger partial charge in [-0.1, -0.05) is 13.3 Å². The fraction of sp³-hybridized carbons (Fsp3) is 0.917. The number of carbonyl (C=O) groups is 1. The van der Waals surface area contributed by atoms with Crippen molar-refractivity contribution in [3.05, 3.63) is 0 Å². The van der Waals surface area contributed by atoms with Crippen molar-refractivity contribution in [3.8, 4) is 0 Å². The maximum atomic E-state index is 11.5. The number of nitrogens with zero attached hydrogens (tertiary/aromatic N) is 2. The highest BCUT2D eigenvalue weighted by molar-refractivity contribution is 5.76. The predicted molar refractivity (Wildman–Crippen MR) is 60.7 cm³/mol. The molecule has 2 rings (SSSR count). The van der Waals surface area contributed by atoms with Crippen LogP contribution in [0.1, 0.15) is 39.0 Å². The third-order valence-electron chi connectivity index (χ3n) is 3.73. The molecule has 0 aromatic carbocycles. The van der Waals surface area contributed by atoms with Gasteiger partial charge < -0.3 is 4.90 Å². The Hall–Kier alpha value is -0.570. The lowest BCUT2D eigenvalue weighted by atomic mass is 10.1. The predicted octanol–water partition coefficient (Wildman–Crippen LogP) is 1.48. The zero-order valence-corrected chi connectivity index (χ0v) is 9.74. The molecule has 2 heterocycles. The van der Waals surface area contributed by atoms with Crippen LogP contribution >= 0.6 is 0 Å². The lowest BCUT2D eigenvalue weighted by Crippen LogP contribution is -2.41. The summed E-state index contributed by atoms with van der Waals surface area (Å²) in [5, 5.41) is 0. The summed E-state index contributed by atoms with van der Waals surface area (Å²) in [5.74, 6) is 0.328. The Kier molecular flexibility index (Phi) is 3.62. The van der Waals surface area contributed by atoms with Gasteiger partial charge in [0.15, 0.2) is 0 Å². The summed E-state index contributed by atoms with van der Waals surface area (Å²) < 4.78 is 0. The summed E-state index contributed by atoms with van der Waals surface area (Å²) in [5.41, 5.74) is 0. The summed E-state index contributed by atoms with van der Waals surface area (Å²) in [6.45, 7) is 6.41. The van der Waals surface area contributed by atoms with Crippen molar-refractivity contribution in [2.45, 2.75) is 45.1 Å². The fourth-order valence-electron chi connectivity index (χ4n) is 2.77. The average Bonchev–Trinajstić information content (AvgIpc) is 2.78. The van der Waals surface area contributed by atoms with E-state index >= 15 is 0 Å². The largest absolute Gasteiger partial charge is 0.341 e.